The molecule has 3 rings (SSSR count). The van der Waals surface area contributed by atoms with E-state index in [1.807, 2.05) is 0 Å². The predicted octanol–water partition coefficient (Wildman–Crippen LogP) is 1.17. The first-order chi connectivity index (χ1) is 12.9. The number of esters is 4. The Balaban J connectivity index is 1.31. The zero-order chi connectivity index (χ0) is 19.6. The van der Waals surface area contributed by atoms with Gasteiger partial charge in [-0.25, -0.2) is 4.79 Å². The lowest BCUT2D eigenvalue weighted by molar-refractivity contribution is -0.157. The molecule has 2 aliphatic carbocycles. The number of rotatable bonds is 8. The SMILES string of the molecule is C=C(C)C(=O)OCCOC(=O)CCC(=O)OC1CC2CC1C1COC(=O)C21. The number of carbonyl (C=O) groups excluding carboxylic acids is 4. The second-order valence-electron chi connectivity index (χ2n) is 7.38. The van der Waals surface area contributed by atoms with Gasteiger partial charge in [-0.15, -0.1) is 0 Å². The maximum Gasteiger partial charge on any atom is 0.333 e. The molecule has 5 atom stereocenters. The Bertz CT molecular complexity index is 654. The van der Waals surface area contributed by atoms with Crippen molar-refractivity contribution in [2.45, 2.75) is 38.7 Å². The third-order valence-electron chi connectivity index (χ3n) is 5.54. The molecule has 3 fully saturated rings. The van der Waals surface area contributed by atoms with Gasteiger partial charge in [0.25, 0.3) is 0 Å². The molecule has 1 heterocycles. The van der Waals surface area contributed by atoms with Gasteiger partial charge in [0.2, 0.25) is 0 Å². The summed E-state index contributed by atoms with van der Waals surface area (Å²) in [5.74, 6) is -1.13. The van der Waals surface area contributed by atoms with Crippen molar-refractivity contribution in [1.29, 1.82) is 0 Å². The quantitative estimate of drug-likeness (QED) is 0.267. The van der Waals surface area contributed by atoms with Crippen molar-refractivity contribution in [2.75, 3.05) is 19.8 Å². The second-order valence-corrected chi connectivity index (χ2v) is 7.38. The van der Waals surface area contributed by atoms with E-state index >= 15 is 0 Å². The first kappa shape index (κ1) is 19.4. The zero-order valence-electron chi connectivity index (χ0n) is 15.3. The Morgan fingerprint density at radius 3 is 2.52 bits per heavy atom. The summed E-state index contributed by atoms with van der Waals surface area (Å²) in [5, 5.41) is 0. The smallest absolute Gasteiger partial charge is 0.333 e. The molecule has 5 unspecified atom stereocenters. The van der Waals surface area contributed by atoms with Crippen LogP contribution in [-0.4, -0.2) is 49.8 Å². The molecule has 0 aromatic heterocycles. The summed E-state index contributed by atoms with van der Waals surface area (Å²) >= 11 is 0. The van der Waals surface area contributed by atoms with Gasteiger partial charge in [-0.2, -0.15) is 0 Å². The predicted molar refractivity (Wildman–Crippen MR) is 90.0 cm³/mol. The van der Waals surface area contributed by atoms with Crippen LogP contribution in [0, 0.1) is 23.7 Å². The van der Waals surface area contributed by atoms with Gasteiger partial charge < -0.3 is 18.9 Å². The number of hydrogen-bond acceptors (Lipinski definition) is 8. The highest BCUT2D eigenvalue weighted by Crippen LogP contribution is 2.56. The van der Waals surface area contributed by atoms with Crippen molar-refractivity contribution in [2.24, 2.45) is 23.7 Å². The lowest BCUT2D eigenvalue weighted by Gasteiger charge is -2.28. The van der Waals surface area contributed by atoms with Gasteiger partial charge in [0.05, 0.1) is 25.4 Å². The summed E-state index contributed by atoms with van der Waals surface area (Å²) < 4.78 is 20.4. The standard InChI is InChI=1S/C19H24O8/c1-10(2)18(22)25-6-5-24-15(20)3-4-16(21)27-14-8-11-7-12(14)13-9-26-19(23)17(11)13/h11-14,17H,1,3-9H2,2H3. The van der Waals surface area contributed by atoms with Crippen LogP contribution in [0.25, 0.3) is 0 Å². The Morgan fingerprint density at radius 1 is 1.07 bits per heavy atom. The minimum Gasteiger partial charge on any atom is -0.465 e. The molecule has 27 heavy (non-hydrogen) atoms. The first-order valence-corrected chi connectivity index (χ1v) is 9.21. The monoisotopic (exact) mass is 380 g/mol. The van der Waals surface area contributed by atoms with Gasteiger partial charge in [0.15, 0.2) is 0 Å². The molecule has 8 nitrogen and oxygen atoms in total. The van der Waals surface area contributed by atoms with Gasteiger partial charge >= 0.3 is 23.9 Å². The van der Waals surface area contributed by atoms with Crippen molar-refractivity contribution in [1.82, 2.24) is 0 Å². The van der Waals surface area contributed by atoms with Crippen molar-refractivity contribution in [3.8, 4) is 0 Å². The lowest BCUT2D eigenvalue weighted by Crippen LogP contribution is -2.34. The molecule has 0 amide bonds. The van der Waals surface area contributed by atoms with Gasteiger partial charge in [-0.05, 0) is 25.7 Å². The molecule has 2 saturated carbocycles. The number of carbonyl (C=O) groups is 4. The molecule has 2 bridgehead atoms. The summed E-state index contributed by atoms with van der Waals surface area (Å²) in [6, 6.07) is 0. The average Bonchev–Trinajstić information content (AvgIpc) is 3.29. The summed E-state index contributed by atoms with van der Waals surface area (Å²) in [6.07, 6.45) is 1.22. The van der Waals surface area contributed by atoms with Crippen LogP contribution in [0.15, 0.2) is 12.2 Å². The third-order valence-corrected chi connectivity index (χ3v) is 5.54. The Hall–Kier alpha value is -2.38. The fourth-order valence-corrected chi connectivity index (χ4v) is 4.35. The first-order valence-electron chi connectivity index (χ1n) is 9.21. The third kappa shape index (κ3) is 4.31. The molecule has 0 spiro atoms. The largest absolute Gasteiger partial charge is 0.465 e. The van der Waals surface area contributed by atoms with Crippen LogP contribution in [-0.2, 0) is 38.1 Å². The molecule has 8 heteroatoms. The molecule has 1 saturated heterocycles. The van der Waals surface area contributed by atoms with Crippen molar-refractivity contribution < 1.29 is 38.1 Å². The Labute approximate surface area is 157 Å². The van der Waals surface area contributed by atoms with E-state index in [2.05, 4.69) is 6.58 Å². The number of ether oxygens (including phenoxy) is 4. The summed E-state index contributed by atoms with van der Waals surface area (Å²) in [4.78, 5) is 46.5. The topological polar surface area (TPSA) is 105 Å². The highest BCUT2D eigenvalue weighted by Gasteiger charge is 2.60. The molecule has 0 N–H and O–H groups in total. The second kappa shape index (κ2) is 8.10. The maximum atomic E-state index is 12.0. The minimum atomic E-state index is -0.555. The van der Waals surface area contributed by atoms with Crippen LogP contribution in [0.4, 0.5) is 0 Å². The van der Waals surface area contributed by atoms with Gasteiger partial charge in [0.1, 0.15) is 19.3 Å². The molecule has 0 aromatic carbocycles. The summed E-state index contributed by atoms with van der Waals surface area (Å²) in [6.45, 7) is 5.25. The van der Waals surface area contributed by atoms with Crippen LogP contribution in [0.2, 0.25) is 0 Å². The van der Waals surface area contributed by atoms with E-state index in [9.17, 15) is 19.2 Å². The average molecular weight is 380 g/mol. The number of hydrogen-bond donors (Lipinski definition) is 0. The highest BCUT2D eigenvalue weighted by molar-refractivity contribution is 5.86. The Morgan fingerprint density at radius 2 is 1.78 bits per heavy atom. The van der Waals surface area contributed by atoms with E-state index in [1.165, 1.54) is 6.92 Å². The van der Waals surface area contributed by atoms with E-state index in [1.54, 1.807) is 0 Å². The van der Waals surface area contributed by atoms with Crippen LogP contribution in [0.1, 0.15) is 32.6 Å². The van der Waals surface area contributed by atoms with E-state index in [4.69, 9.17) is 18.9 Å². The molecular weight excluding hydrogens is 356 g/mol. The van der Waals surface area contributed by atoms with E-state index < -0.39 is 17.9 Å². The van der Waals surface area contributed by atoms with Crippen LogP contribution < -0.4 is 0 Å². The lowest BCUT2D eigenvalue weighted by atomic mass is 9.80. The summed E-state index contributed by atoms with van der Waals surface area (Å²) in [7, 11) is 0. The summed E-state index contributed by atoms with van der Waals surface area (Å²) in [5.41, 5.74) is 0.268. The van der Waals surface area contributed by atoms with Gasteiger partial charge in [-0.3, -0.25) is 14.4 Å². The normalized spacial score (nSPS) is 30.4. The maximum absolute atomic E-state index is 12.0. The highest BCUT2D eigenvalue weighted by atomic mass is 16.6. The zero-order valence-corrected chi connectivity index (χ0v) is 15.3. The molecule has 0 radical (unpaired) electrons. The fraction of sp³-hybridized carbons (Fsp3) is 0.684. The molecular formula is C19H24O8. The van der Waals surface area contributed by atoms with Crippen LogP contribution in [0.5, 0.6) is 0 Å². The number of fused-ring (bicyclic) bond motifs is 5. The molecule has 0 aromatic rings. The van der Waals surface area contributed by atoms with Crippen LogP contribution >= 0.6 is 0 Å². The van der Waals surface area contributed by atoms with E-state index in [-0.39, 0.29) is 67.4 Å². The number of cyclic esters (lactones) is 1. The Kier molecular flexibility index (Phi) is 5.82. The minimum absolute atomic E-state index is 0.0288. The van der Waals surface area contributed by atoms with Gasteiger partial charge in [0, 0.05) is 17.4 Å². The van der Waals surface area contributed by atoms with Gasteiger partial charge in [-0.1, -0.05) is 6.58 Å². The molecule has 3 aliphatic rings. The van der Waals surface area contributed by atoms with E-state index in [0.29, 0.717) is 13.0 Å². The van der Waals surface area contributed by atoms with Crippen molar-refractivity contribution in [3.05, 3.63) is 12.2 Å². The van der Waals surface area contributed by atoms with Crippen molar-refractivity contribution in [3.63, 3.8) is 0 Å². The fourth-order valence-electron chi connectivity index (χ4n) is 4.35. The van der Waals surface area contributed by atoms with Crippen LogP contribution in [0.3, 0.4) is 0 Å². The molecule has 1 aliphatic heterocycles. The van der Waals surface area contributed by atoms with Crippen molar-refractivity contribution >= 4 is 23.9 Å². The van der Waals surface area contributed by atoms with E-state index in [0.717, 1.165) is 6.42 Å². The molecule has 148 valence electrons.